The Bertz CT molecular complexity index is 1600. The molecule has 1 aromatic heterocycles. The second-order valence-corrected chi connectivity index (χ2v) is 12.1. The van der Waals surface area contributed by atoms with Crippen LogP contribution in [0.3, 0.4) is 0 Å². The summed E-state index contributed by atoms with van der Waals surface area (Å²) in [6, 6.07) is 21.4. The highest BCUT2D eigenvalue weighted by atomic mass is 35.5. The molecule has 0 atom stereocenters. The predicted molar refractivity (Wildman–Crippen MR) is 185 cm³/mol. The molecule has 1 aliphatic heterocycles. The molecule has 1 aliphatic rings. The third-order valence-electron chi connectivity index (χ3n) is 7.44. The van der Waals surface area contributed by atoms with Crippen LogP contribution >= 0.6 is 47.2 Å². The number of carbonyl (C=O) groups is 1. The maximum Gasteiger partial charge on any atom is 0.246 e. The van der Waals surface area contributed by atoms with E-state index < -0.39 is 0 Å². The predicted octanol–water partition coefficient (Wildman–Crippen LogP) is 8.85. The minimum Gasteiger partial charge on any atom is -0.492 e. The normalized spacial score (nSPS) is 13.5. The van der Waals surface area contributed by atoms with Gasteiger partial charge < -0.3 is 14.4 Å². The number of benzene rings is 3. The lowest BCUT2D eigenvalue weighted by molar-refractivity contribution is -0.127. The number of carbonyl (C=O) groups excluding carboxylic acids is 1. The highest BCUT2D eigenvalue weighted by Crippen LogP contribution is 2.34. The standard InChI is InChI=1S/C35H34Cl3N3O3.ClH/c1-24-3-5-27(6-4-24)23-40-14-16-41(17-15-40)34(42)12-8-28-19-25(2)35(32(38)21-28)44-33-11-9-29(22-39-33)43-18-13-26-7-10-30(36)31(37)20-26;/h3-12,19-22H,13-18,23H2,1-2H3;1H. The molecule has 45 heavy (non-hydrogen) atoms. The summed E-state index contributed by atoms with van der Waals surface area (Å²) in [5.74, 6) is 1.53. The lowest BCUT2D eigenvalue weighted by atomic mass is 10.1. The van der Waals surface area contributed by atoms with E-state index in [9.17, 15) is 4.79 Å². The van der Waals surface area contributed by atoms with Gasteiger partial charge in [0.25, 0.3) is 0 Å². The van der Waals surface area contributed by atoms with E-state index in [1.165, 1.54) is 11.1 Å². The zero-order valence-corrected chi connectivity index (χ0v) is 28.2. The van der Waals surface area contributed by atoms with E-state index in [4.69, 9.17) is 44.3 Å². The number of halogens is 4. The number of ether oxygens (including phenoxy) is 2. The minimum atomic E-state index is -0.00226. The van der Waals surface area contributed by atoms with Crippen LogP contribution in [0.25, 0.3) is 6.08 Å². The highest BCUT2D eigenvalue weighted by molar-refractivity contribution is 6.42. The maximum atomic E-state index is 12.9. The van der Waals surface area contributed by atoms with Gasteiger partial charge in [-0.1, -0.05) is 70.7 Å². The molecule has 1 saturated heterocycles. The number of hydrogen-bond acceptors (Lipinski definition) is 5. The van der Waals surface area contributed by atoms with Gasteiger partial charge in [-0.05, 0) is 72.5 Å². The van der Waals surface area contributed by atoms with Gasteiger partial charge in [0.1, 0.15) is 5.75 Å². The van der Waals surface area contributed by atoms with Gasteiger partial charge in [-0.15, -0.1) is 12.4 Å². The lowest BCUT2D eigenvalue weighted by Crippen LogP contribution is -2.47. The molecule has 236 valence electrons. The summed E-state index contributed by atoms with van der Waals surface area (Å²) in [5, 5.41) is 1.49. The Kier molecular flexibility index (Phi) is 12.6. The van der Waals surface area contributed by atoms with Crippen LogP contribution in [0.5, 0.6) is 17.4 Å². The number of aryl methyl sites for hydroxylation is 2. The average Bonchev–Trinajstić information content (AvgIpc) is 3.02. The highest BCUT2D eigenvalue weighted by Gasteiger charge is 2.20. The van der Waals surface area contributed by atoms with Gasteiger partial charge in [0.2, 0.25) is 11.8 Å². The molecule has 5 rings (SSSR count). The zero-order valence-electron chi connectivity index (χ0n) is 25.1. The molecule has 0 unspecified atom stereocenters. The summed E-state index contributed by atoms with van der Waals surface area (Å²) >= 11 is 18.6. The molecule has 10 heteroatoms. The zero-order chi connectivity index (χ0) is 31.1. The fourth-order valence-electron chi connectivity index (χ4n) is 4.93. The summed E-state index contributed by atoms with van der Waals surface area (Å²) in [5.41, 5.74) is 5.25. The Morgan fingerprint density at radius 1 is 0.867 bits per heavy atom. The van der Waals surface area contributed by atoms with Gasteiger partial charge in [-0.25, -0.2) is 4.98 Å². The van der Waals surface area contributed by atoms with Gasteiger partial charge in [0, 0.05) is 51.3 Å². The molecule has 1 amide bonds. The Hall–Kier alpha value is -3.26. The van der Waals surface area contributed by atoms with Crippen molar-refractivity contribution in [3.05, 3.63) is 122 Å². The van der Waals surface area contributed by atoms with E-state index >= 15 is 0 Å². The monoisotopic (exact) mass is 685 g/mol. The topological polar surface area (TPSA) is 54.9 Å². The van der Waals surface area contributed by atoms with Crippen molar-refractivity contribution in [2.24, 2.45) is 0 Å². The fraction of sp³-hybridized carbons (Fsp3) is 0.257. The molecule has 0 radical (unpaired) electrons. The third-order valence-corrected chi connectivity index (χ3v) is 8.46. The quantitative estimate of drug-likeness (QED) is 0.156. The van der Waals surface area contributed by atoms with Crippen LogP contribution in [-0.4, -0.2) is 53.5 Å². The number of amides is 1. The summed E-state index contributed by atoms with van der Waals surface area (Å²) in [6.45, 7) is 8.48. The van der Waals surface area contributed by atoms with Gasteiger partial charge >= 0.3 is 0 Å². The number of hydrogen-bond donors (Lipinski definition) is 0. The van der Waals surface area contributed by atoms with Crippen molar-refractivity contribution in [2.45, 2.75) is 26.8 Å². The number of pyridine rings is 1. The smallest absolute Gasteiger partial charge is 0.246 e. The second-order valence-electron chi connectivity index (χ2n) is 10.9. The van der Waals surface area contributed by atoms with Gasteiger partial charge in [-0.2, -0.15) is 0 Å². The van der Waals surface area contributed by atoms with Crippen LogP contribution in [0, 0.1) is 13.8 Å². The molecule has 6 nitrogen and oxygen atoms in total. The van der Waals surface area contributed by atoms with E-state index in [-0.39, 0.29) is 18.3 Å². The SMILES string of the molecule is Cc1ccc(CN2CCN(C(=O)C=Cc3cc(C)c(Oc4ccc(OCCc5ccc(Cl)c(Cl)c5)cn4)c(Cl)c3)CC2)cc1.Cl. The van der Waals surface area contributed by atoms with Crippen molar-refractivity contribution in [3.8, 4) is 17.4 Å². The van der Waals surface area contributed by atoms with Crippen molar-refractivity contribution in [2.75, 3.05) is 32.8 Å². The third kappa shape index (κ3) is 9.86. The molecule has 0 saturated carbocycles. The Morgan fingerprint density at radius 2 is 1.60 bits per heavy atom. The Morgan fingerprint density at radius 3 is 2.27 bits per heavy atom. The first-order valence-corrected chi connectivity index (χ1v) is 15.6. The van der Waals surface area contributed by atoms with E-state index in [1.54, 1.807) is 42.6 Å². The lowest BCUT2D eigenvalue weighted by Gasteiger charge is -2.34. The van der Waals surface area contributed by atoms with E-state index in [0.717, 1.165) is 36.3 Å². The minimum absolute atomic E-state index is 0. The van der Waals surface area contributed by atoms with Crippen molar-refractivity contribution in [1.82, 2.24) is 14.8 Å². The fourth-order valence-corrected chi connectivity index (χ4v) is 5.57. The number of aromatic nitrogens is 1. The molecule has 0 spiro atoms. The summed E-state index contributed by atoms with van der Waals surface area (Å²) in [4.78, 5) is 21.5. The number of rotatable bonds is 10. The van der Waals surface area contributed by atoms with Gasteiger partial charge in [0.15, 0.2) is 5.75 Å². The van der Waals surface area contributed by atoms with Crippen molar-refractivity contribution in [1.29, 1.82) is 0 Å². The molecule has 3 aromatic carbocycles. The first-order chi connectivity index (χ1) is 21.2. The average molecular weight is 687 g/mol. The summed E-state index contributed by atoms with van der Waals surface area (Å²) in [7, 11) is 0. The molecule has 2 heterocycles. The largest absolute Gasteiger partial charge is 0.492 e. The van der Waals surface area contributed by atoms with Gasteiger partial charge in [-0.3, -0.25) is 9.69 Å². The molecule has 0 aliphatic carbocycles. The Labute approximate surface area is 285 Å². The maximum absolute atomic E-state index is 12.9. The van der Waals surface area contributed by atoms with Crippen LogP contribution < -0.4 is 9.47 Å². The summed E-state index contributed by atoms with van der Waals surface area (Å²) < 4.78 is 11.8. The second kappa shape index (κ2) is 16.3. The first-order valence-electron chi connectivity index (χ1n) is 14.5. The molecular formula is C35H35Cl4N3O3. The number of nitrogens with zero attached hydrogens (tertiary/aromatic N) is 3. The van der Waals surface area contributed by atoms with Crippen LogP contribution in [0.1, 0.15) is 27.8 Å². The van der Waals surface area contributed by atoms with Crippen molar-refractivity contribution >= 4 is 59.2 Å². The molecule has 1 fully saturated rings. The van der Waals surface area contributed by atoms with Crippen LogP contribution in [0.15, 0.2) is 79.0 Å². The van der Waals surface area contributed by atoms with E-state index in [0.29, 0.717) is 58.6 Å². The van der Waals surface area contributed by atoms with Crippen LogP contribution in [0.4, 0.5) is 0 Å². The van der Waals surface area contributed by atoms with Crippen molar-refractivity contribution < 1.29 is 14.3 Å². The summed E-state index contributed by atoms with van der Waals surface area (Å²) in [6.07, 6.45) is 5.70. The molecular weight excluding hydrogens is 652 g/mol. The van der Waals surface area contributed by atoms with Crippen LogP contribution in [-0.2, 0) is 17.8 Å². The van der Waals surface area contributed by atoms with Crippen molar-refractivity contribution in [3.63, 3.8) is 0 Å². The van der Waals surface area contributed by atoms with E-state index in [1.807, 2.05) is 30.0 Å². The molecule has 0 bridgehead atoms. The molecule has 0 N–H and O–H groups in total. The van der Waals surface area contributed by atoms with E-state index in [2.05, 4.69) is 41.1 Å². The number of piperazine rings is 1. The first kappa shape index (κ1) is 34.6. The Balaban J connectivity index is 0.00000461. The molecule has 4 aromatic rings. The van der Waals surface area contributed by atoms with Crippen LogP contribution in [0.2, 0.25) is 15.1 Å². The van der Waals surface area contributed by atoms with Gasteiger partial charge in [0.05, 0.1) is 27.9 Å².